The Hall–Kier alpha value is -1.39. The molecule has 1 amide bonds. The molecule has 0 saturated carbocycles. The van der Waals surface area contributed by atoms with Crippen LogP contribution in [0.3, 0.4) is 0 Å². The van der Waals surface area contributed by atoms with Gasteiger partial charge in [0, 0.05) is 38.6 Å². The third-order valence-electron chi connectivity index (χ3n) is 4.63. The Morgan fingerprint density at radius 1 is 1.13 bits per heavy atom. The van der Waals surface area contributed by atoms with Crippen LogP contribution in [-0.4, -0.2) is 47.9 Å². The highest BCUT2D eigenvalue weighted by atomic mass is 16.2. The minimum absolute atomic E-state index is 0.309. The van der Waals surface area contributed by atoms with Crippen molar-refractivity contribution in [1.82, 2.24) is 9.80 Å². The maximum Gasteiger partial charge on any atom is 0.222 e. The van der Waals surface area contributed by atoms with Crippen LogP contribution >= 0.6 is 0 Å². The van der Waals surface area contributed by atoms with Gasteiger partial charge in [0.05, 0.1) is 0 Å². The number of hydrogen-bond acceptors (Lipinski definition) is 3. The molecule has 1 unspecified atom stereocenters. The van der Waals surface area contributed by atoms with Crippen LogP contribution in [-0.2, 0) is 11.3 Å². The molecule has 4 nitrogen and oxygen atoms in total. The summed E-state index contributed by atoms with van der Waals surface area (Å²) in [5.74, 6) is 0.324. The van der Waals surface area contributed by atoms with E-state index in [-0.39, 0.29) is 0 Å². The first-order valence-corrected chi connectivity index (χ1v) is 8.96. The molecule has 1 aliphatic heterocycles. The number of hydrogen-bond donors (Lipinski definition) is 1. The van der Waals surface area contributed by atoms with Gasteiger partial charge in [-0.05, 0) is 31.9 Å². The van der Waals surface area contributed by atoms with Gasteiger partial charge in [0.25, 0.3) is 0 Å². The van der Waals surface area contributed by atoms with Gasteiger partial charge in [-0.3, -0.25) is 9.69 Å². The molecule has 0 aromatic heterocycles. The first-order chi connectivity index (χ1) is 11.2. The van der Waals surface area contributed by atoms with Gasteiger partial charge in [-0.15, -0.1) is 0 Å². The Morgan fingerprint density at radius 2 is 1.87 bits per heavy atom. The summed E-state index contributed by atoms with van der Waals surface area (Å²) in [4.78, 5) is 16.9. The maximum atomic E-state index is 12.4. The number of nitrogens with zero attached hydrogens (tertiary/aromatic N) is 2. The fourth-order valence-electron chi connectivity index (χ4n) is 3.31. The van der Waals surface area contributed by atoms with E-state index in [1.807, 2.05) is 0 Å². The zero-order valence-electron chi connectivity index (χ0n) is 14.4. The van der Waals surface area contributed by atoms with Crippen molar-refractivity contribution in [2.24, 2.45) is 5.73 Å². The van der Waals surface area contributed by atoms with Crippen LogP contribution in [0.4, 0.5) is 0 Å². The van der Waals surface area contributed by atoms with Crippen LogP contribution in [0.25, 0.3) is 0 Å². The Kier molecular flexibility index (Phi) is 7.56. The molecule has 1 atom stereocenters. The molecule has 1 fully saturated rings. The summed E-state index contributed by atoms with van der Waals surface area (Å²) in [6.07, 6.45) is 5.02. The molecular formula is C19H31N3O. The van der Waals surface area contributed by atoms with Crippen LogP contribution in [0, 0.1) is 0 Å². The van der Waals surface area contributed by atoms with Crippen LogP contribution in [0.2, 0.25) is 0 Å². The molecule has 23 heavy (non-hydrogen) atoms. The van der Waals surface area contributed by atoms with Gasteiger partial charge in [-0.1, -0.05) is 43.2 Å². The van der Waals surface area contributed by atoms with Crippen molar-refractivity contribution in [2.45, 2.75) is 51.6 Å². The van der Waals surface area contributed by atoms with E-state index in [0.717, 1.165) is 58.4 Å². The molecule has 2 rings (SSSR count). The molecule has 0 aliphatic carbocycles. The van der Waals surface area contributed by atoms with Gasteiger partial charge in [-0.25, -0.2) is 0 Å². The maximum absolute atomic E-state index is 12.4. The van der Waals surface area contributed by atoms with E-state index in [0.29, 0.717) is 18.4 Å². The summed E-state index contributed by atoms with van der Waals surface area (Å²) in [5.41, 5.74) is 6.84. The SMILES string of the molecule is CC1CN(Cc2ccccc2)CCN1C(=O)CCCCCCN. The average molecular weight is 317 g/mol. The minimum atomic E-state index is 0.309. The lowest BCUT2D eigenvalue weighted by molar-refractivity contribution is -0.135. The van der Waals surface area contributed by atoms with Crippen LogP contribution in [0.5, 0.6) is 0 Å². The molecule has 0 radical (unpaired) electrons. The molecule has 0 spiro atoms. The van der Waals surface area contributed by atoms with Gasteiger partial charge in [0.1, 0.15) is 0 Å². The van der Waals surface area contributed by atoms with Crippen LogP contribution < -0.4 is 5.73 Å². The Morgan fingerprint density at radius 3 is 2.57 bits per heavy atom. The van der Waals surface area contributed by atoms with Crippen molar-refractivity contribution in [2.75, 3.05) is 26.2 Å². The lowest BCUT2D eigenvalue weighted by Gasteiger charge is -2.40. The molecule has 1 aromatic rings. The molecule has 4 heteroatoms. The number of amides is 1. The van der Waals surface area contributed by atoms with Crippen LogP contribution in [0.15, 0.2) is 30.3 Å². The summed E-state index contributed by atoms with van der Waals surface area (Å²) >= 11 is 0. The summed E-state index contributed by atoms with van der Waals surface area (Å²) < 4.78 is 0. The van der Waals surface area contributed by atoms with E-state index in [9.17, 15) is 4.79 Å². The fourth-order valence-corrected chi connectivity index (χ4v) is 3.31. The topological polar surface area (TPSA) is 49.6 Å². The predicted octanol–water partition coefficient (Wildman–Crippen LogP) is 2.63. The van der Waals surface area contributed by atoms with Crippen molar-refractivity contribution in [3.63, 3.8) is 0 Å². The Labute approximate surface area is 140 Å². The summed E-state index contributed by atoms with van der Waals surface area (Å²) in [6.45, 7) is 6.70. The van der Waals surface area contributed by atoms with Crippen molar-refractivity contribution in [3.8, 4) is 0 Å². The molecule has 0 bridgehead atoms. The van der Waals surface area contributed by atoms with Crippen molar-refractivity contribution in [3.05, 3.63) is 35.9 Å². The van der Waals surface area contributed by atoms with E-state index in [2.05, 4.69) is 47.1 Å². The van der Waals surface area contributed by atoms with E-state index >= 15 is 0 Å². The third kappa shape index (κ3) is 5.96. The van der Waals surface area contributed by atoms with Gasteiger partial charge in [-0.2, -0.15) is 0 Å². The second-order valence-corrected chi connectivity index (χ2v) is 6.61. The zero-order valence-corrected chi connectivity index (χ0v) is 14.4. The average Bonchev–Trinajstić information content (AvgIpc) is 2.55. The number of rotatable bonds is 8. The number of benzene rings is 1. The lowest BCUT2D eigenvalue weighted by Crippen LogP contribution is -2.53. The monoisotopic (exact) mass is 317 g/mol. The lowest BCUT2D eigenvalue weighted by atomic mass is 10.1. The highest BCUT2D eigenvalue weighted by Gasteiger charge is 2.26. The molecule has 128 valence electrons. The Balaban J connectivity index is 1.72. The Bertz CT molecular complexity index is 463. The highest BCUT2D eigenvalue weighted by molar-refractivity contribution is 5.76. The van der Waals surface area contributed by atoms with Gasteiger partial charge in [0.2, 0.25) is 5.91 Å². The van der Waals surface area contributed by atoms with Crippen molar-refractivity contribution < 1.29 is 4.79 Å². The first-order valence-electron chi connectivity index (χ1n) is 8.96. The molecule has 1 saturated heterocycles. The molecule has 1 heterocycles. The zero-order chi connectivity index (χ0) is 16.5. The number of nitrogens with two attached hydrogens (primary N) is 1. The third-order valence-corrected chi connectivity index (χ3v) is 4.63. The number of piperazine rings is 1. The van der Waals surface area contributed by atoms with E-state index in [1.54, 1.807) is 0 Å². The normalized spacial score (nSPS) is 19.0. The number of unbranched alkanes of at least 4 members (excludes halogenated alkanes) is 3. The fraction of sp³-hybridized carbons (Fsp3) is 0.632. The summed E-state index contributed by atoms with van der Waals surface area (Å²) in [5, 5.41) is 0. The quantitative estimate of drug-likeness (QED) is 0.750. The highest BCUT2D eigenvalue weighted by Crippen LogP contribution is 2.15. The summed E-state index contributed by atoms with van der Waals surface area (Å²) in [6, 6.07) is 10.9. The number of carbonyl (C=O) groups is 1. The van der Waals surface area contributed by atoms with Crippen molar-refractivity contribution in [1.29, 1.82) is 0 Å². The van der Waals surface area contributed by atoms with Gasteiger partial charge in [0.15, 0.2) is 0 Å². The molecule has 1 aliphatic rings. The predicted molar refractivity (Wildman–Crippen MR) is 95.0 cm³/mol. The van der Waals surface area contributed by atoms with Gasteiger partial charge >= 0.3 is 0 Å². The van der Waals surface area contributed by atoms with E-state index in [1.165, 1.54) is 5.56 Å². The standard InChI is InChI=1S/C19H31N3O/c1-17-15-21(16-18-9-5-4-6-10-18)13-14-22(17)19(23)11-7-2-3-8-12-20/h4-6,9-10,17H,2-3,7-8,11-16,20H2,1H3. The molecule has 1 aromatic carbocycles. The van der Waals surface area contributed by atoms with Gasteiger partial charge < -0.3 is 10.6 Å². The first kappa shape index (κ1) is 18.0. The van der Waals surface area contributed by atoms with Crippen molar-refractivity contribution >= 4 is 5.91 Å². The molecule has 2 N–H and O–H groups in total. The van der Waals surface area contributed by atoms with E-state index < -0.39 is 0 Å². The second kappa shape index (κ2) is 9.68. The number of carbonyl (C=O) groups excluding carboxylic acids is 1. The second-order valence-electron chi connectivity index (χ2n) is 6.61. The largest absolute Gasteiger partial charge is 0.337 e. The smallest absolute Gasteiger partial charge is 0.222 e. The summed E-state index contributed by atoms with van der Waals surface area (Å²) in [7, 11) is 0. The minimum Gasteiger partial charge on any atom is -0.337 e. The molecular weight excluding hydrogens is 286 g/mol. The van der Waals surface area contributed by atoms with Crippen LogP contribution in [0.1, 0.15) is 44.6 Å². The van der Waals surface area contributed by atoms with E-state index in [4.69, 9.17) is 5.73 Å².